The van der Waals surface area contributed by atoms with Crippen LogP contribution in [0.15, 0.2) is 46.8 Å². The molecule has 3 unspecified atom stereocenters. The molecule has 15 heteroatoms. The average Bonchev–Trinajstić information content (AvgIpc) is 3.36. The molecule has 2 N–H and O–H groups in total. The molecule has 0 bridgehead atoms. The number of rotatable bonds is 12. The van der Waals surface area contributed by atoms with Crippen LogP contribution in [0, 0.1) is 0 Å². The quantitative estimate of drug-likeness (QED) is 0.205. The van der Waals surface area contributed by atoms with Crippen LogP contribution in [0.25, 0.3) is 0 Å². The minimum absolute atomic E-state index is 0. The Morgan fingerprint density at radius 3 is 2.64 bits per heavy atom. The summed E-state index contributed by atoms with van der Waals surface area (Å²) in [6.45, 7) is 6.53. The number of ether oxygens (including phenoxy) is 1. The normalized spacial score (nSPS) is 19.2. The fourth-order valence-electron chi connectivity index (χ4n) is 4.17. The highest BCUT2D eigenvalue weighted by Crippen LogP contribution is 2.42. The van der Waals surface area contributed by atoms with Gasteiger partial charge in [0.2, 0.25) is 5.16 Å². The van der Waals surface area contributed by atoms with Gasteiger partial charge in [-0.25, -0.2) is 9.48 Å². The molecule has 2 aliphatic heterocycles. The van der Waals surface area contributed by atoms with E-state index in [2.05, 4.69) is 25.7 Å². The van der Waals surface area contributed by atoms with Crippen LogP contribution < -0.4 is 5.32 Å². The lowest BCUT2D eigenvalue weighted by atomic mass is 10.0. The first-order valence-corrected chi connectivity index (χ1v) is 14.3. The lowest BCUT2D eigenvalue weighted by molar-refractivity contribution is -0.153. The zero-order valence-corrected chi connectivity index (χ0v) is 24.3. The first-order chi connectivity index (χ1) is 18.3. The second-order valence-electron chi connectivity index (χ2n) is 8.70. The Morgan fingerprint density at radius 2 is 2.00 bits per heavy atom. The van der Waals surface area contributed by atoms with Gasteiger partial charge in [0, 0.05) is 25.1 Å². The number of fused-ring (bicyclic) bond motifs is 1. The van der Waals surface area contributed by atoms with Gasteiger partial charge in [-0.1, -0.05) is 55.9 Å². The van der Waals surface area contributed by atoms with E-state index in [1.807, 2.05) is 13.8 Å². The van der Waals surface area contributed by atoms with E-state index in [0.717, 1.165) is 18.7 Å². The molecule has 0 radical (unpaired) electrons. The van der Waals surface area contributed by atoms with E-state index >= 15 is 0 Å². The summed E-state index contributed by atoms with van der Waals surface area (Å²) in [4.78, 5) is 42.7. The zero-order valence-electron chi connectivity index (χ0n) is 21.8. The molecule has 3 atom stereocenters. The minimum atomic E-state index is -1.40. The van der Waals surface area contributed by atoms with Crippen LogP contribution in [0.1, 0.15) is 25.5 Å². The number of tetrazole rings is 1. The number of halogens is 1. The maximum Gasteiger partial charge on any atom is 0.355 e. The molecule has 212 valence electrons. The van der Waals surface area contributed by atoms with Gasteiger partial charge in [0.15, 0.2) is 6.10 Å². The summed E-state index contributed by atoms with van der Waals surface area (Å²) in [7, 11) is 1.72. The lowest BCUT2D eigenvalue weighted by Crippen LogP contribution is -2.71. The van der Waals surface area contributed by atoms with Gasteiger partial charge < -0.3 is 20.1 Å². The molecule has 39 heavy (non-hydrogen) atoms. The van der Waals surface area contributed by atoms with Gasteiger partial charge in [-0.2, -0.15) is 0 Å². The summed E-state index contributed by atoms with van der Waals surface area (Å²) in [5.41, 5.74) is 1.37. The van der Waals surface area contributed by atoms with Gasteiger partial charge in [-0.15, -0.1) is 29.3 Å². The molecule has 2 amide bonds. The summed E-state index contributed by atoms with van der Waals surface area (Å²) in [6, 6.07) is 7.64. The second kappa shape index (κ2) is 14.1. The van der Waals surface area contributed by atoms with Crippen LogP contribution in [0.5, 0.6) is 0 Å². The molecule has 1 aromatic carbocycles. The Kier molecular flexibility index (Phi) is 11.2. The number of hydrogen-bond acceptors (Lipinski definition) is 11. The minimum Gasteiger partial charge on any atom is -0.460 e. The Balaban J connectivity index is 0.00000420. The lowest BCUT2D eigenvalue weighted by Gasteiger charge is -2.49. The molecular formula is C24H32ClN7O5S2. The number of aromatic nitrogens is 4. The van der Waals surface area contributed by atoms with Crippen LogP contribution >= 0.6 is 35.9 Å². The van der Waals surface area contributed by atoms with Crippen molar-refractivity contribution in [2.45, 2.75) is 36.5 Å². The van der Waals surface area contributed by atoms with Crippen molar-refractivity contribution < 1.29 is 24.2 Å². The third-order valence-electron chi connectivity index (χ3n) is 6.39. The van der Waals surface area contributed by atoms with Crippen molar-refractivity contribution in [3.63, 3.8) is 0 Å². The number of aliphatic hydroxyl groups excluding tert-OH is 1. The van der Waals surface area contributed by atoms with Gasteiger partial charge in [0.05, 0.1) is 0 Å². The number of aliphatic hydroxyl groups is 1. The van der Waals surface area contributed by atoms with Gasteiger partial charge in [-0.05, 0) is 34.7 Å². The van der Waals surface area contributed by atoms with Crippen molar-refractivity contribution in [3.05, 3.63) is 47.2 Å². The summed E-state index contributed by atoms with van der Waals surface area (Å²) in [5.74, 6) is -0.813. The number of thioether (sulfide) groups is 2. The predicted octanol–water partition coefficient (Wildman–Crippen LogP) is 0.997. The largest absolute Gasteiger partial charge is 0.460 e. The molecule has 4 rings (SSSR count). The molecule has 3 heterocycles. The third kappa shape index (κ3) is 6.92. The van der Waals surface area contributed by atoms with E-state index in [0.29, 0.717) is 28.8 Å². The van der Waals surface area contributed by atoms with Gasteiger partial charge in [-0.3, -0.25) is 14.5 Å². The number of aryl methyl sites for hydroxylation is 1. The summed E-state index contributed by atoms with van der Waals surface area (Å²) >= 11 is 2.80. The first-order valence-electron chi connectivity index (χ1n) is 12.3. The predicted molar refractivity (Wildman–Crippen MR) is 149 cm³/mol. The van der Waals surface area contributed by atoms with Gasteiger partial charge in [0.1, 0.15) is 23.7 Å². The Morgan fingerprint density at radius 1 is 1.28 bits per heavy atom. The van der Waals surface area contributed by atoms with E-state index in [9.17, 15) is 19.5 Å². The number of amides is 2. The number of carbonyl (C=O) groups excluding carboxylic acids is 3. The highest BCUT2D eigenvalue weighted by molar-refractivity contribution is 8.01. The van der Waals surface area contributed by atoms with Crippen LogP contribution in [0.3, 0.4) is 0 Å². The third-order valence-corrected chi connectivity index (χ3v) is 8.83. The molecule has 0 saturated carbocycles. The van der Waals surface area contributed by atoms with Gasteiger partial charge in [0.25, 0.3) is 11.8 Å². The van der Waals surface area contributed by atoms with Crippen molar-refractivity contribution in [1.82, 2.24) is 35.3 Å². The van der Waals surface area contributed by atoms with Crippen LogP contribution in [0.4, 0.5) is 0 Å². The molecular weight excluding hydrogens is 566 g/mol. The fraction of sp³-hybridized carbons (Fsp3) is 0.500. The summed E-state index contributed by atoms with van der Waals surface area (Å²) in [5, 5.41) is 24.6. The summed E-state index contributed by atoms with van der Waals surface area (Å²) in [6.07, 6.45) is -1.40. The number of benzene rings is 1. The molecule has 1 aromatic heterocycles. The summed E-state index contributed by atoms with van der Waals surface area (Å²) < 4.78 is 7.13. The van der Waals surface area contributed by atoms with Crippen LogP contribution in [0.2, 0.25) is 0 Å². The number of nitrogens with zero attached hydrogens (tertiary/aromatic N) is 6. The molecule has 0 aliphatic carbocycles. The van der Waals surface area contributed by atoms with Crippen molar-refractivity contribution in [3.8, 4) is 0 Å². The number of likely N-dealkylation sites (N-methyl/N-ethyl adjacent to an activating group) is 1. The van der Waals surface area contributed by atoms with E-state index in [1.54, 1.807) is 37.4 Å². The molecule has 2 aliphatic rings. The number of β-lactam (4-membered cyclic amide) rings is 1. The highest BCUT2D eigenvalue weighted by Gasteiger charge is 2.54. The SMILES string of the molecule is CCN(CC)CCOC(=O)C1=C(CSc2nnnn2C)CSC2C(NC(=O)C(O)c3ccccc3)C(=O)N12.Cl. The fourth-order valence-corrected chi connectivity index (χ4v) is 6.51. The van der Waals surface area contributed by atoms with E-state index in [4.69, 9.17) is 4.74 Å². The van der Waals surface area contributed by atoms with E-state index in [1.165, 1.54) is 33.1 Å². The van der Waals surface area contributed by atoms with E-state index in [-0.39, 0.29) is 24.7 Å². The molecule has 2 aromatic rings. The Labute approximate surface area is 241 Å². The number of nitrogens with one attached hydrogen (secondary N) is 1. The highest BCUT2D eigenvalue weighted by atomic mass is 35.5. The Bertz CT molecular complexity index is 1190. The molecule has 0 spiro atoms. The maximum atomic E-state index is 13.3. The standard InChI is InChI=1S/C24H31N7O5S2.ClH/c1-4-30(5-2)11-12-36-23(35)18-16(14-38-24-26-27-28-29(24)3)13-37-22-17(21(34)31(18)22)25-20(33)19(32)15-9-7-6-8-10-15;/h6-10,17,19,22,32H,4-5,11-14H2,1-3H3,(H,25,33);1H. The second-order valence-corrected chi connectivity index (χ2v) is 10.7. The van der Waals surface area contributed by atoms with Crippen molar-refractivity contribution >= 4 is 53.7 Å². The van der Waals surface area contributed by atoms with Crippen LogP contribution in [-0.2, 0) is 26.2 Å². The van der Waals surface area contributed by atoms with E-state index < -0.39 is 35.3 Å². The number of hydrogen-bond donors (Lipinski definition) is 2. The molecule has 1 saturated heterocycles. The van der Waals surface area contributed by atoms with Crippen molar-refractivity contribution in [2.24, 2.45) is 7.05 Å². The van der Waals surface area contributed by atoms with Crippen LogP contribution in [-0.4, -0.2) is 102 Å². The topological polar surface area (TPSA) is 143 Å². The zero-order chi connectivity index (χ0) is 27.2. The first kappa shape index (κ1) is 30.9. The van der Waals surface area contributed by atoms with Crippen molar-refractivity contribution in [2.75, 3.05) is 37.7 Å². The molecule has 12 nitrogen and oxygen atoms in total. The Hall–Kier alpha value is -2.65. The number of esters is 1. The van der Waals surface area contributed by atoms with Crippen molar-refractivity contribution in [1.29, 1.82) is 0 Å². The number of carbonyl (C=O) groups is 3. The smallest absolute Gasteiger partial charge is 0.355 e. The van der Waals surface area contributed by atoms with Gasteiger partial charge >= 0.3 is 5.97 Å². The monoisotopic (exact) mass is 597 g/mol. The maximum absolute atomic E-state index is 13.3. The average molecular weight is 598 g/mol. The molecule has 1 fully saturated rings.